The molecule has 0 saturated carbocycles. The Balaban J connectivity index is 0.493. The van der Waals surface area contributed by atoms with Gasteiger partial charge in [-0.2, -0.15) is 0 Å². The summed E-state index contributed by atoms with van der Waals surface area (Å²) in [6.45, 7) is 13.8. The molecule has 5 aliphatic heterocycles. The SMILES string of the molecule is O=C(OCn1c(=O)ccc2ccc(OCCCCN3CCN(c4cccc5sccc45)CC3)cc21)N1CCC(C(=O)N2CCN(C(=O)C3CCN(C(=O)OCn4c(=O)ccc5ccc(OCCCCN6CCN(c7cccc8sccc78)CC6)cc54)CC3)CC2)CC1. The summed E-state index contributed by atoms with van der Waals surface area (Å²) in [6.07, 6.45) is 4.67. The Morgan fingerprint density at radius 1 is 0.424 bits per heavy atom. The molecule has 5 saturated heterocycles. The Kier molecular flexibility index (Phi) is 19.9. The molecule has 4 amide bonds. The number of hydrogen-bond acceptors (Lipinski definition) is 16. The predicted octanol–water partition coefficient (Wildman–Crippen LogP) is 9.69. The van der Waals surface area contributed by atoms with Crippen molar-refractivity contribution in [2.75, 3.05) is 141 Å². The lowest BCUT2D eigenvalue weighted by Crippen LogP contribution is -2.55. The van der Waals surface area contributed by atoms with Crippen LogP contribution < -0.4 is 30.4 Å². The van der Waals surface area contributed by atoms with Gasteiger partial charge in [-0.1, -0.05) is 12.1 Å². The second-order valence-corrected chi connectivity index (χ2v) is 26.8. The number of likely N-dealkylation sites (tertiary alicyclic amines) is 2. The van der Waals surface area contributed by atoms with Gasteiger partial charge < -0.3 is 48.3 Å². The summed E-state index contributed by atoms with van der Waals surface area (Å²) in [4.78, 5) is 97.7. The maximum atomic E-state index is 13.8. The van der Waals surface area contributed by atoms with Gasteiger partial charge in [0, 0.05) is 172 Å². The molecule has 5 aliphatic rings. The van der Waals surface area contributed by atoms with E-state index in [9.17, 15) is 28.8 Å². The zero-order valence-electron chi connectivity index (χ0n) is 52.3. The van der Waals surface area contributed by atoms with Crippen LogP contribution in [0.1, 0.15) is 51.4 Å². The van der Waals surface area contributed by atoms with Gasteiger partial charge in [-0.05, 0) is 159 Å². The molecule has 0 aliphatic carbocycles. The molecule has 0 unspecified atom stereocenters. The highest BCUT2D eigenvalue weighted by Crippen LogP contribution is 2.34. The summed E-state index contributed by atoms with van der Waals surface area (Å²) < 4.78 is 29.4. The van der Waals surface area contributed by atoms with Crippen molar-refractivity contribution in [3.63, 3.8) is 0 Å². The van der Waals surface area contributed by atoms with E-state index in [4.69, 9.17) is 18.9 Å². The Bertz CT molecular complexity index is 3760. The van der Waals surface area contributed by atoms with Crippen LogP contribution in [0.15, 0.2) is 130 Å². The molecule has 8 aromatic rings. The molecule has 20 nitrogen and oxygen atoms in total. The number of piperazine rings is 3. The molecule has 9 heterocycles. The van der Waals surface area contributed by atoms with Crippen LogP contribution in [0.3, 0.4) is 0 Å². The lowest BCUT2D eigenvalue weighted by atomic mass is 9.94. The lowest BCUT2D eigenvalue weighted by Gasteiger charge is -2.40. The summed E-state index contributed by atoms with van der Waals surface area (Å²) in [5.74, 6) is 0.834. The summed E-state index contributed by atoms with van der Waals surface area (Å²) in [5.41, 5.74) is 3.31. The number of carbonyl (C=O) groups is 4. The number of amides is 4. The van der Waals surface area contributed by atoms with Gasteiger partial charge in [0.15, 0.2) is 13.5 Å². The first kappa shape index (κ1) is 62.6. The topological polar surface area (TPSA) is 175 Å². The number of rotatable bonds is 20. The molecule has 484 valence electrons. The standard InChI is InChI=1S/C70H82N10O10S2/c81-65-17-13-51-11-15-55(87-43-3-1-25-71-31-35-73(36-32-71)59-7-5-9-63-57(59)23-45-91-63)47-61(51)79(65)49-89-69(85)77-27-19-53(20-28-77)67(83)75-39-41-76(42-40-75)68(84)54-21-29-78(30-22-54)70(86)90-50-80-62-48-56(16-12-52(62)14-18-66(80)82)88-44-4-2-26-72-33-37-74(38-34-72)60-8-6-10-64-58(60)24-46-92-64/h5-18,23-24,45-48,53-54H,1-4,19-22,25-44,49-50H2. The molecule has 0 radical (unpaired) electrons. The summed E-state index contributed by atoms with van der Waals surface area (Å²) in [7, 11) is 0. The smallest absolute Gasteiger partial charge is 0.411 e. The van der Waals surface area contributed by atoms with E-state index in [0.717, 1.165) is 102 Å². The maximum absolute atomic E-state index is 13.8. The van der Waals surface area contributed by atoms with Crippen molar-refractivity contribution in [1.82, 2.24) is 38.5 Å². The van der Waals surface area contributed by atoms with E-state index in [0.29, 0.717) is 114 Å². The Labute approximate surface area is 543 Å². The van der Waals surface area contributed by atoms with Crippen molar-refractivity contribution in [2.24, 2.45) is 11.8 Å². The number of unbranched alkanes of at least 4 members (excludes halogenated alkanes) is 2. The average Bonchev–Trinajstić information content (AvgIpc) is 1.29. The fraction of sp³-hybridized carbons (Fsp3) is 0.457. The molecule has 0 spiro atoms. The predicted molar refractivity (Wildman–Crippen MR) is 362 cm³/mol. The largest absolute Gasteiger partial charge is 0.494 e. The highest BCUT2D eigenvalue weighted by molar-refractivity contribution is 7.17. The second kappa shape index (κ2) is 29.2. The molecule has 22 heteroatoms. The first-order valence-electron chi connectivity index (χ1n) is 32.9. The number of ether oxygens (including phenoxy) is 4. The molecular formula is C70H82N10O10S2. The van der Waals surface area contributed by atoms with Gasteiger partial charge >= 0.3 is 12.2 Å². The number of piperidine rings is 2. The highest BCUT2D eigenvalue weighted by Gasteiger charge is 2.36. The number of benzene rings is 4. The van der Waals surface area contributed by atoms with E-state index < -0.39 is 12.2 Å². The number of fused-ring (bicyclic) bond motifs is 4. The van der Waals surface area contributed by atoms with E-state index in [1.54, 1.807) is 44.6 Å². The van der Waals surface area contributed by atoms with Gasteiger partial charge in [-0.3, -0.25) is 38.1 Å². The maximum Gasteiger partial charge on any atom is 0.411 e. The van der Waals surface area contributed by atoms with Crippen LogP contribution in [-0.2, 0) is 32.5 Å². The number of hydrogen-bond donors (Lipinski definition) is 0. The van der Waals surface area contributed by atoms with Crippen molar-refractivity contribution in [1.29, 1.82) is 0 Å². The normalized spacial score (nSPS) is 17.5. The number of thiophene rings is 2. The minimum atomic E-state index is -0.539. The van der Waals surface area contributed by atoms with Crippen LogP contribution in [0.25, 0.3) is 42.0 Å². The van der Waals surface area contributed by atoms with Crippen molar-refractivity contribution < 1.29 is 38.1 Å². The third-order valence-electron chi connectivity index (χ3n) is 19.3. The molecule has 4 aromatic heterocycles. The third kappa shape index (κ3) is 14.5. The molecule has 0 bridgehead atoms. The molecular weight excluding hydrogens is 1200 g/mol. The van der Waals surface area contributed by atoms with Crippen molar-refractivity contribution in [3.05, 3.63) is 141 Å². The van der Waals surface area contributed by atoms with E-state index in [1.807, 2.05) is 46.2 Å². The van der Waals surface area contributed by atoms with Gasteiger partial charge in [0.1, 0.15) is 11.5 Å². The first-order chi connectivity index (χ1) is 45.1. The third-order valence-corrected chi connectivity index (χ3v) is 21.1. The molecule has 0 N–H and O–H groups in total. The van der Waals surface area contributed by atoms with Gasteiger partial charge in [-0.15, -0.1) is 22.7 Å². The lowest BCUT2D eigenvalue weighted by molar-refractivity contribution is -0.145. The van der Waals surface area contributed by atoms with E-state index >= 15 is 0 Å². The van der Waals surface area contributed by atoms with Crippen LogP contribution in [0.2, 0.25) is 0 Å². The summed E-state index contributed by atoms with van der Waals surface area (Å²) >= 11 is 3.58. The van der Waals surface area contributed by atoms with Gasteiger partial charge in [0.25, 0.3) is 11.1 Å². The monoisotopic (exact) mass is 1290 g/mol. The van der Waals surface area contributed by atoms with E-state index in [2.05, 4.69) is 78.9 Å². The molecule has 13 rings (SSSR count). The number of anilines is 2. The average molecular weight is 1290 g/mol. The number of pyridine rings is 2. The minimum Gasteiger partial charge on any atom is -0.494 e. The molecule has 92 heavy (non-hydrogen) atoms. The Morgan fingerprint density at radius 3 is 1.24 bits per heavy atom. The van der Waals surface area contributed by atoms with Crippen LogP contribution in [0, 0.1) is 11.8 Å². The van der Waals surface area contributed by atoms with E-state index in [1.165, 1.54) is 52.8 Å². The van der Waals surface area contributed by atoms with Crippen LogP contribution in [-0.4, -0.2) is 194 Å². The van der Waals surface area contributed by atoms with Gasteiger partial charge in [0.2, 0.25) is 11.8 Å². The fourth-order valence-electron chi connectivity index (χ4n) is 13.9. The zero-order valence-corrected chi connectivity index (χ0v) is 53.9. The summed E-state index contributed by atoms with van der Waals surface area (Å²) in [5, 5.41) is 8.66. The van der Waals surface area contributed by atoms with Crippen LogP contribution in [0.4, 0.5) is 21.0 Å². The first-order valence-corrected chi connectivity index (χ1v) is 34.6. The molecule has 4 aromatic carbocycles. The Hall–Kier alpha value is -8.18. The van der Waals surface area contributed by atoms with Crippen molar-refractivity contribution in [3.8, 4) is 11.5 Å². The Morgan fingerprint density at radius 2 is 0.826 bits per heavy atom. The molecule has 0 atom stereocenters. The summed E-state index contributed by atoms with van der Waals surface area (Å²) in [6, 6.07) is 35.4. The van der Waals surface area contributed by atoms with Crippen molar-refractivity contribution >= 4 is 100 Å². The van der Waals surface area contributed by atoms with Gasteiger partial charge in [-0.25, -0.2) is 9.59 Å². The van der Waals surface area contributed by atoms with E-state index in [-0.39, 0.29) is 48.2 Å². The van der Waals surface area contributed by atoms with Crippen LogP contribution in [0.5, 0.6) is 11.5 Å². The van der Waals surface area contributed by atoms with Crippen LogP contribution >= 0.6 is 22.7 Å². The fourth-order valence-corrected chi connectivity index (χ4v) is 15.5. The number of carbonyl (C=O) groups excluding carboxylic acids is 4. The van der Waals surface area contributed by atoms with Gasteiger partial charge in [0.05, 0.1) is 24.2 Å². The number of nitrogens with zero attached hydrogens (tertiary/aromatic N) is 10. The minimum absolute atomic E-state index is 0.0278. The second-order valence-electron chi connectivity index (χ2n) is 24.9. The molecule has 5 fully saturated rings. The highest BCUT2D eigenvalue weighted by atomic mass is 32.1. The number of aromatic nitrogens is 2. The van der Waals surface area contributed by atoms with Crippen molar-refractivity contribution in [2.45, 2.75) is 64.8 Å². The zero-order chi connectivity index (χ0) is 62.9. The quantitative estimate of drug-likeness (QED) is 0.0660.